The van der Waals surface area contributed by atoms with Gasteiger partial charge in [0.1, 0.15) is 12.1 Å². The Hall–Kier alpha value is -3.80. The summed E-state index contributed by atoms with van der Waals surface area (Å²) in [5, 5.41) is 0.536. The molecule has 47 heavy (non-hydrogen) atoms. The maximum absolute atomic E-state index is 13.8. The van der Waals surface area contributed by atoms with Gasteiger partial charge in [0.25, 0.3) is 5.91 Å². The lowest BCUT2D eigenvalue weighted by atomic mass is 10.0. The molecule has 1 aliphatic carbocycles. The van der Waals surface area contributed by atoms with Crippen molar-refractivity contribution in [2.75, 3.05) is 33.8 Å². The highest BCUT2D eigenvalue weighted by Crippen LogP contribution is 2.38. The zero-order chi connectivity index (χ0) is 33.7. The second-order valence-electron chi connectivity index (χ2n) is 11.9. The fourth-order valence-corrected chi connectivity index (χ4v) is 5.95. The zero-order valence-corrected chi connectivity index (χ0v) is 27.5. The first-order valence-corrected chi connectivity index (χ1v) is 16.0. The van der Waals surface area contributed by atoms with Gasteiger partial charge in [-0.2, -0.15) is 8.78 Å². The van der Waals surface area contributed by atoms with E-state index in [1.54, 1.807) is 43.3 Å². The molecule has 2 fully saturated rings. The average Bonchev–Trinajstić information content (AvgIpc) is 3.76. The molecule has 1 amide bonds. The summed E-state index contributed by atoms with van der Waals surface area (Å²) in [5.41, 5.74) is 1.69. The Bertz CT molecular complexity index is 1600. The first-order valence-electron chi connectivity index (χ1n) is 15.3. The van der Waals surface area contributed by atoms with E-state index >= 15 is 0 Å². The number of carbonyl (C=O) groups excluding carboxylic acids is 3. The molecular formula is C34H35Cl2F2N3O6. The summed E-state index contributed by atoms with van der Waals surface area (Å²) in [4.78, 5) is 46.7. The zero-order valence-electron chi connectivity index (χ0n) is 26.0. The number of pyridine rings is 1. The first-order chi connectivity index (χ1) is 22.5. The number of benzene rings is 2. The predicted octanol–water partition coefficient (Wildman–Crippen LogP) is 6.65. The highest BCUT2D eigenvalue weighted by molar-refractivity contribution is 6.35. The smallest absolute Gasteiger partial charge is 0.387 e. The van der Waals surface area contributed by atoms with Gasteiger partial charge in [0.15, 0.2) is 17.3 Å². The van der Waals surface area contributed by atoms with Crippen molar-refractivity contribution < 1.29 is 37.4 Å². The molecule has 5 rings (SSSR count). The van der Waals surface area contributed by atoms with Crippen LogP contribution in [0.1, 0.15) is 63.6 Å². The van der Waals surface area contributed by atoms with E-state index in [-0.39, 0.29) is 46.2 Å². The summed E-state index contributed by atoms with van der Waals surface area (Å²) in [6.07, 6.45) is 5.07. The summed E-state index contributed by atoms with van der Waals surface area (Å²) in [5.74, 6) is -0.716. The van der Waals surface area contributed by atoms with Crippen LogP contribution < -0.4 is 9.47 Å². The highest BCUT2D eigenvalue weighted by Gasteiger charge is 2.35. The third-order valence-electron chi connectivity index (χ3n) is 8.15. The minimum Gasteiger partial charge on any atom is -0.489 e. The number of alkyl halides is 2. The topological polar surface area (TPSA) is 98.3 Å². The Kier molecular flexibility index (Phi) is 11.3. The number of hydrogen-bond donors (Lipinski definition) is 0. The Morgan fingerprint density at radius 1 is 1.00 bits per heavy atom. The van der Waals surface area contributed by atoms with E-state index in [2.05, 4.69) is 4.98 Å². The van der Waals surface area contributed by atoms with E-state index in [0.717, 1.165) is 12.8 Å². The van der Waals surface area contributed by atoms with Crippen molar-refractivity contribution in [3.8, 4) is 11.5 Å². The van der Waals surface area contributed by atoms with Crippen LogP contribution in [0.4, 0.5) is 8.78 Å². The number of aromatic nitrogens is 1. The second-order valence-corrected chi connectivity index (χ2v) is 12.7. The highest BCUT2D eigenvalue weighted by atomic mass is 35.5. The van der Waals surface area contributed by atoms with Crippen LogP contribution in [0.15, 0.2) is 54.9 Å². The van der Waals surface area contributed by atoms with Gasteiger partial charge in [0, 0.05) is 44.0 Å². The number of Topliss-reactive ketones (excluding diaryl/α,β-unsaturated/α-hetero) is 1. The van der Waals surface area contributed by atoms with Gasteiger partial charge >= 0.3 is 12.6 Å². The van der Waals surface area contributed by atoms with Crippen molar-refractivity contribution in [2.45, 2.75) is 50.9 Å². The van der Waals surface area contributed by atoms with Crippen LogP contribution in [0.25, 0.3) is 0 Å². The van der Waals surface area contributed by atoms with Crippen LogP contribution in [0, 0.1) is 5.92 Å². The maximum Gasteiger partial charge on any atom is 0.387 e. The van der Waals surface area contributed by atoms with Gasteiger partial charge in [0.2, 0.25) is 0 Å². The predicted molar refractivity (Wildman–Crippen MR) is 171 cm³/mol. The number of amides is 1. The molecule has 13 heteroatoms. The summed E-state index contributed by atoms with van der Waals surface area (Å²) < 4.78 is 43.1. The van der Waals surface area contributed by atoms with Gasteiger partial charge in [-0.1, -0.05) is 41.4 Å². The Labute approximate surface area is 281 Å². The van der Waals surface area contributed by atoms with Gasteiger partial charge in [-0.05, 0) is 73.5 Å². The minimum atomic E-state index is -3.06. The summed E-state index contributed by atoms with van der Waals surface area (Å²) in [6.45, 7) is -2.27. The van der Waals surface area contributed by atoms with E-state index in [0.29, 0.717) is 54.2 Å². The molecule has 0 spiro atoms. The molecule has 1 saturated heterocycles. The molecule has 250 valence electrons. The molecule has 2 heterocycles. The number of rotatable bonds is 14. The van der Waals surface area contributed by atoms with Crippen LogP contribution in [0.3, 0.4) is 0 Å². The van der Waals surface area contributed by atoms with E-state index < -0.39 is 24.7 Å². The Balaban J connectivity index is 1.38. The van der Waals surface area contributed by atoms with E-state index in [9.17, 15) is 23.2 Å². The number of ether oxygens (including phenoxy) is 3. The first kappa shape index (κ1) is 34.5. The number of ketones is 1. The molecule has 0 radical (unpaired) electrons. The van der Waals surface area contributed by atoms with Gasteiger partial charge < -0.3 is 19.1 Å². The third-order valence-corrected chi connectivity index (χ3v) is 8.80. The van der Waals surface area contributed by atoms with Gasteiger partial charge in [0.05, 0.1) is 23.2 Å². The van der Waals surface area contributed by atoms with Crippen LogP contribution in [0.5, 0.6) is 11.5 Å². The lowest BCUT2D eigenvalue weighted by Gasteiger charge is -2.26. The molecule has 2 aromatic carbocycles. The van der Waals surface area contributed by atoms with Crippen molar-refractivity contribution >= 4 is 40.9 Å². The van der Waals surface area contributed by atoms with E-state index in [4.69, 9.17) is 37.4 Å². The van der Waals surface area contributed by atoms with E-state index in [1.807, 2.05) is 0 Å². The molecule has 0 unspecified atom stereocenters. The van der Waals surface area contributed by atoms with Gasteiger partial charge in [-0.25, -0.2) is 0 Å². The molecule has 1 aliphatic heterocycles. The largest absolute Gasteiger partial charge is 0.489 e. The third kappa shape index (κ3) is 8.97. The molecule has 0 bridgehead atoms. The molecule has 9 nitrogen and oxygen atoms in total. The monoisotopic (exact) mass is 689 g/mol. The average molecular weight is 691 g/mol. The van der Waals surface area contributed by atoms with Gasteiger partial charge in [-0.3, -0.25) is 24.3 Å². The number of carbonyl (C=O) groups is 3. The number of nitrogens with zero attached hydrogens (tertiary/aromatic N) is 3. The van der Waals surface area contributed by atoms with Crippen molar-refractivity contribution in [3.05, 3.63) is 87.2 Å². The Morgan fingerprint density at radius 3 is 2.40 bits per heavy atom. The summed E-state index contributed by atoms with van der Waals surface area (Å²) in [6, 6.07) is 10.2. The lowest BCUT2D eigenvalue weighted by molar-refractivity contribution is -0.154. The molecule has 2 aliphatic rings. The summed E-state index contributed by atoms with van der Waals surface area (Å²) >= 11 is 12.9. The standard InChI is InChI=1S/C34H35Cl2F2N3O6/c1-40(2)32(43)23-6-3-5-21(13-23)28(42)18-41-12-4-7-27(41)33(44)46-30(15-24-25(35)16-39-17-26(24)36)22-10-11-29(47-34(37)38)31(14-22)45-19-20-8-9-20/h3,5-6,10-11,13-14,16-17,20,27,30,34H,4,7-9,12,15,18-19H2,1-2H3/t27-,30-/m0/s1. The van der Waals surface area contributed by atoms with Crippen molar-refractivity contribution in [1.82, 2.24) is 14.8 Å². The fourth-order valence-electron chi connectivity index (χ4n) is 5.43. The maximum atomic E-state index is 13.8. The Morgan fingerprint density at radius 2 is 1.72 bits per heavy atom. The molecule has 1 saturated carbocycles. The number of halogens is 4. The molecule has 1 aromatic heterocycles. The second kappa shape index (κ2) is 15.4. The number of esters is 1. The fraction of sp³-hybridized carbons (Fsp3) is 0.412. The van der Waals surface area contributed by atoms with Crippen LogP contribution in [-0.2, 0) is 16.0 Å². The van der Waals surface area contributed by atoms with Crippen LogP contribution in [-0.4, -0.2) is 78.9 Å². The summed E-state index contributed by atoms with van der Waals surface area (Å²) in [7, 11) is 3.27. The van der Waals surface area contributed by atoms with E-state index in [1.165, 1.54) is 35.5 Å². The molecule has 0 N–H and O–H groups in total. The van der Waals surface area contributed by atoms with Crippen molar-refractivity contribution in [2.24, 2.45) is 5.92 Å². The minimum absolute atomic E-state index is 0.0507. The lowest BCUT2D eigenvalue weighted by Crippen LogP contribution is -2.41. The molecule has 2 atom stereocenters. The van der Waals surface area contributed by atoms with Crippen LogP contribution >= 0.6 is 23.2 Å². The SMILES string of the molecule is CN(C)C(=O)c1cccc(C(=O)CN2CCC[C@H]2C(=O)O[C@@H](Cc2c(Cl)cncc2Cl)c2ccc(OC(F)F)c(OCC3CC3)c2)c1. The number of hydrogen-bond acceptors (Lipinski definition) is 8. The molecule has 3 aromatic rings. The van der Waals surface area contributed by atoms with Crippen LogP contribution in [0.2, 0.25) is 10.0 Å². The number of likely N-dealkylation sites (tertiary alicyclic amines) is 1. The molecular weight excluding hydrogens is 655 g/mol. The van der Waals surface area contributed by atoms with Crippen molar-refractivity contribution in [3.63, 3.8) is 0 Å². The van der Waals surface area contributed by atoms with Crippen molar-refractivity contribution in [1.29, 1.82) is 0 Å². The normalized spacial score (nSPS) is 17.0. The quantitative estimate of drug-likeness (QED) is 0.137. The van der Waals surface area contributed by atoms with Gasteiger partial charge in [-0.15, -0.1) is 0 Å².